The highest BCUT2D eigenvalue weighted by Crippen LogP contribution is 2.36. The molecule has 1 aromatic heterocycles. The van der Waals surface area contributed by atoms with Gasteiger partial charge in [-0.05, 0) is 23.4 Å². The van der Waals surface area contributed by atoms with Crippen molar-refractivity contribution in [2.75, 3.05) is 0 Å². The zero-order chi connectivity index (χ0) is 11.7. The van der Waals surface area contributed by atoms with Gasteiger partial charge in [0.1, 0.15) is 11.4 Å². The third-order valence-corrected chi connectivity index (χ3v) is 2.76. The molecule has 0 spiro atoms. The molecule has 0 fully saturated rings. The molecule has 0 amide bonds. The molecular weight excluding hydrogens is 240 g/mol. The first-order valence-corrected chi connectivity index (χ1v) is 5.31. The second kappa shape index (κ2) is 4.03. The first kappa shape index (κ1) is 10.0. The van der Waals surface area contributed by atoms with E-state index in [1.807, 2.05) is 24.3 Å². The highest BCUT2D eigenvalue weighted by atomic mass is 35.5. The van der Waals surface area contributed by atoms with Gasteiger partial charge in [-0.1, -0.05) is 23.7 Å². The number of hydrogen-bond acceptors (Lipinski definition) is 5. The molecule has 3 rings (SSSR count). The number of rotatable bonds is 1. The predicted molar refractivity (Wildman–Crippen MR) is 62.7 cm³/mol. The number of nitrogens with zero attached hydrogens (tertiary/aromatic N) is 3. The summed E-state index contributed by atoms with van der Waals surface area (Å²) < 4.78 is 0. The summed E-state index contributed by atoms with van der Waals surface area (Å²) in [7, 11) is 0. The van der Waals surface area contributed by atoms with Gasteiger partial charge in [-0.25, -0.2) is 5.48 Å². The minimum absolute atomic E-state index is 0.548. The molecule has 2 heterocycles. The molecule has 1 aliphatic rings. The molecule has 2 aromatic rings. The smallest absolute Gasteiger partial charge is 0.163 e. The van der Waals surface area contributed by atoms with Crippen LogP contribution >= 0.6 is 11.6 Å². The fourth-order valence-corrected chi connectivity index (χ4v) is 1.85. The van der Waals surface area contributed by atoms with Gasteiger partial charge in [0.15, 0.2) is 5.75 Å². The van der Waals surface area contributed by atoms with E-state index >= 15 is 0 Å². The Morgan fingerprint density at radius 3 is 2.88 bits per heavy atom. The van der Waals surface area contributed by atoms with Crippen LogP contribution in [0, 0.1) is 0 Å². The minimum atomic E-state index is 0.548. The van der Waals surface area contributed by atoms with Crippen molar-refractivity contribution in [1.82, 2.24) is 20.9 Å². The third-order valence-electron chi connectivity index (χ3n) is 2.37. The van der Waals surface area contributed by atoms with Crippen molar-refractivity contribution in [2.24, 2.45) is 0 Å². The Balaban J connectivity index is 2.14. The number of para-hydroxylation sites is 1. The van der Waals surface area contributed by atoms with Crippen molar-refractivity contribution < 1.29 is 4.84 Å². The van der Waals surface area contributed by atoms with Crippen molar-refractivity contribution in [1.29, 1.82) is 0 Å². The molecule has 0 radical (unpaired) electrons. The third kappa shape index (κ3) is 1.70. The van der Waals surface area contributed by atoms with Crippen LogP contribution in [-0.2, 0) is 0 Å². The lowest BCUT2D eigenvalue weighted by Gasteiger charge is -2.20. The summed E-state index contributed by atoms with van der Waals surface area (Å²) in [5.74, 6) is 0.684. The van der Waals surface area contributed by atoms with E-state index in [9.17, 15) is 0 Å². The molecule has 84 valence electrons. The Kier molecular flexibility index (Phi) is 2.38. The molecule has 17 heavy (non-hydrogen) atoms. The maximum atomic E-state index is 6.30. The monoisotopic (exact) mass is 246 g/mol. The van der Waals surface area contributed by atoms with E-state index in [-0.39, 0.29) is 0 Å². The quantitative estimate of drug-likeness (QED) is 0.832. The van der Waals surface area contributed by atoms with Gasteiger partial charge < -0.3 is 4.84 Å². The molecule has 0 saturated carbocycles. The number of benzene rings is 1. The Morgan fingerprint density at radius 2 is 2.06 bits per heavy atom. The summed E-state index contributed by atoms with van der Waals surface area (Å²) in [6.07, 6.45) is 1.54. The number of hydroxylamine groups is 1. The molecule has 1 aliphatic heterocycles. The lowest BCUT2D eigenvalue weighted by molar-refractivity contribution is 0.248. The molecule has 5 nitrogen and oxygen atoms in total. The Hall–Kier alpha value is -2.14. The average molecular weight is 247 g/mol. The zero-order valence-electron chi connectivity index (χ0n) is 8.59. The second-order valence-corrected chi connectivity index (χ2v) is 3.77. The summed E-state index contributed by atoms with van der Waals surface area (Å²) in [6.45, 7) is 0. The molecule has 1 aromatic carbocycles. The van der Waals surface area contributed by atoms with E-state index in [0.717, 1.165) is 5.56 Å². The van der Waals surface area contributed by atoms with E-state index in [2.05, 4.69) is 20.9 Å². The van der Waals surface area contributed by atoms with E-state index < -0.39 is 0 Å². The van der Waals surface area contributed by atoms with E-state index in [1.54, 1.807) is 12.3 Å². The lowest BCUT2D eigenvalue weighted by atomic mass is 10.1. The number of fused-ring (bicyclic) bond motifs is 1. The first-order chi connectivity index (χ1) is 8.36. The van der Waals surface area contributed by atoms with Crippen LogP contribution < -0.4 is 10.3 Å². The van der Waals surface area contributed by atoms with Crippen LogP contribution in [0.2, 0.25) is 0 Å². The van der Waals surface area contributed by atoms with Crippen LogP contribution in [0.15, 0.2) is 36.5 Å². The SMILES string of the molecule is ClC1=C(c2ccnnn2)NOc2ccccc21. The molecule has 0 bridgehead atoms. The number of aromatic nitrogens is 3. The molecule has 0 saturated heterocycles. The summed E-state index contributed by atoms with van der Waals surface area (Å²) >= 11 is 6.30. The normalized spacial score (nSPS) is 13.7. The molecule has 6 heteroatoms. The highest BCUT2D eigenvalue weighted by Gasteiger charge is 2.20. The summed E-state index contributed by atoms with van der Waals surface area (Å²) in [5, 5.41) is 11.6. The largest absolute Gasteiger partial charge is 0.381 e. The summed E-state index contributed by atoms with van der Waals surface area (Å²) in [4.78, 5) is 5.38. The topological polar surface area (TPSA) is 59.9 Å². The number of nitrogens with one attached hydrogen (secondary N) is 1. The lowest BCUT2D eigenvalue weighted by Crippen LogP contribution is -2.22. The standard InChI is InChI=1S/C11H7ClN4O/c12-10-7-3-1-2-4-9(7)17-15-11(10)8-5-6-13-16-14-8/h1-6,15H. The number of hydrogen-bond donors (Lipinski definition) is 1. The van der Waals surface area contributed by atoms with Crippen molar-refractivity contribution in [2.45, 2.75) is 0 Å². The van der Waals surface area contributed by atoms with Crippen molar-refractivity contribution in [3.05, 3.63) is 47.8 Å². The van der Waals surface area contributed by atoms with Crippen LogP contribution in [0.25, 0.3) is 10.7 Å². The minimum Gasteiger partial charge on any atom is -0.381 e. The van der Waals surface area contributed by atoms with Gasteiger partial charge >= 0.3 is 0 Å². The van der Waals surface area contributed by atoms with Crippen LogP contribution in [0.3, 0.4) is 0 Å². The second-order valence-electron chi connectivity index (χ2n) is 3.40. The van der Waals surface area contributed by atoms with Gasteiger partial charge in [-0.3, -0.25) is 0 Å². The van der Waals surface area contributed by atoms with Crippen LogP contribution in [0.1, 0.15) is 11.3 Å². The number of halogens is 1. The molecule has 1 N–H and O–H groups in total. The maximum absolute atomic E-state index is 6.30. The summed E-state index contributed by atoms with van der Waals surface area (Å²) in [6, 6.07) is 9.19. The Bertz CT molecular complexity index is 585. The summed E-state index contributed by atoms with van der Waals surface area (Å²) in [5.41, 5.74) is 4.75. The highest BCUT2D eigenvalue weighted by molar-refractivity contribution is 6.52. The van der Waals surface area contributed by atoms with Gasteiger partial charge in [0, 0.05) is 5.56 Å². The van der Waals surface area contributed by atoms with Gasteiger partial charge in [-0.15, -0.1) is 10.2 Å². The van der Waals surface area contributed by atoms with E-state index in [4.69, 9.17) is 16.4 Å². The van der Waals surface area contributed by atoms with Gasteiger partial charge in [-0.2, -0.15) is 0 Å². The Morgan fingerprint density at radius 1 is 1.18 bits per heavy atom. The molecule has 0 atom stereocenters. The fraction of sp³-hybridized carbons (Fsp3) is 0. The van der Waals surface area contributed by atoms with Crippen LogP contribution in [0.5, 0.6) is 5.75 Å². The van der Waals surface area contributed by atoms with Gasteiger partial charge in [0.25, 0.3) is 0 Å². The predicted octanol–water partition coefficient (Wildman–Crippen LogP) is 1.83. The van der Waals surface area contributed by atoms with Crippen molar-refractivity contribution in [3.8, 4) is 5.75 Å². The average Bonchev–Trinajstić information content (AvgIpc) is 2.40. The van der Waals surface area contributed by atoms with E-state index in [0.29, 0.717) is 22.2 Å². The van der Waals surface area contributed by atoms with Gasteiger partial charge in [0.2, 0.25) is 0 Å². The maximum Gasteiger partial charge on any atom is 0.163 e. The molecular formula is C11H7ClN4O. The van der Waals surface area contributed by atoms with Gasteiger partial charge in [0.05, 0.1) is 11.2 Å². The Labute approximate surface area is 102 Å². The van der Waals surface area contributed by atoms with Crippen LogP contribution in [0.4, 0.5) is 0 Å². The first-order valence-electron chi connectivity index (χ1n) is 4.93. The van der Waals surface area contributed by atoms with Crippen molar-refractivity contribution >= 4 is 22.3 Å². The van der Waals surface area contributed by atoms with Crippen molar-refractivity contribution in [3.63, 3.8) is 0 Å². The van der Waals surface area contributed by atoms with Crippen LogP contribution in [-0.4, -0.2) is 15.4 Å². The van der Waals surface area contributed by atoms with E-state index in [1.165, 1.54) is 0 Å². The molecule has 0 unspecified atom stereocenters. The fourth-order valence-electron chi connectivity index (χ4n) is 1.56. The zero-order valence-corrected chi connectivity index (χ0v) is 9.35. The molecule has 0 aliphatic carbocycles.